The number of hydrogen-bond acceptors (Lipinski definition) is 4. The van der Waals surface area contributed by atoms with Crippen molar-refractivity contribution in [2.24, 2.45) is 0 Å². The van der Waals surface area contributed by atoms with Gasteiger partial charge in [-0.3, -0.25) is 9.69 Å². The van der Waals surface area contributed by atoms with E-state index in [1.807, 2.05) is 41.0 Å². The van der Waals surface area contributed by atoms with Crippen LogP contribution in [0.25, 0.3) is 11.0 Å². The smallest absolute Gasteiger partial charge is 0.221 e. The first-order chi connectivity index (χ1) is 14.2. The van der Waals surface area contributed by atoms with Gasteiger partial charge in [-0.2, -0.15) is 0 Å². The number of aryl methyl sites for hydroxylation is 1. The first-order valence-electron chi connectivity index (χ1n) is 10.3. The van der Waals surface area contributed by atoms with Crippen LogP contribution in [-0.4, -0.2) is 47.1 Å². The lowest BCUT2D eigenvalue weighted by Gasteiger charge is -2.28. The molecule has 1 fully saturated rings. The largest absolute Gasteiger partial charge is 0.497 e. The molecular weight excluding hydrogens is 364 g/mol. The number of amides is 1. The quantitative estimate of drug-likeness (QED) is 0.638. The third-order valence-electron chi connectivity index (χ3n) is 5.66. The monoisotopic (exact) mass is 392 g/mol. The minimum absolute atomic E-state index is 0.0647. The van der Waals surface area contributed by atoms with Crippen molar-refractivity contribution in [3.05, 3.63) is 60.4 Å². The maximum absolute atomic E-state index is 12.6. The number of carbonyl (C=O) groups excluding carboxylic acids is 1. The summed E-state index contributed by atoms with van der Waals surface area (Å²) >= 11 is 0. The van der Waals surface area contributed by atoms with E-state index in [1.54, 1.807) is 13.4 Å². The van der Waals surface area contributed by atoms with Crippen LogP contribution in [0.15, 0.2) is 54.9 Å². The summed E-state index contributed by atoms with van der Waals surface area (Å²) in [4.78, 5) is 19.4. The number of imidazole rings is 1. The summed E-state index contributed by atoms with van der Waals surface area (Å²) < 4.78 is 7.43. The number of aromatic nitrogens is 2. The summed E-state index contributed by atoms with van der Waals surface area (Å²) in [5.74, 6) is 0.917. The number of hydrogen-bond donors (Lipinski definition) is 1. The molecule has 1 aliphatic rings. The first-order valence-corrected chi connectivity index (χ1v) is 10.3. The zero-order valence-electron chi connectivity index (χ0n) is 16.9. The van der Waals surface area contributed by atoms with Gasteiger partial charge in [0.1, 0.15) is 5.75 Å². The summed E-state index contributed by atoms with van der Waals surface area (Å²) in [5, 5.41) is 3.15. The molecule has 6 nitrogen and oxygen atoms in total. The molecule has 1 unspecified atom stereocenters. The Kier molecular flexibility index (Phi) is 6.10. The Balaban J connectivity index is 1.38. The lowest BCUT2D eigenvalue weighted by molar-refractivity contribution is -0.121. The molecule has 6 heteroatoms. The van der Waals surface area contributed by atoms with Gasteiger partial charge >= 0.3 is 0 Å². The van der Waals surface area contributed by atoms with Gasteiger partial charge in [-0.15, -0.1) is 0 Å². The molecule has 0 radical (unpaired) electrons. The average Bonchev–Trinajstić information content (AvgIpc) is 3.43. The van der Waals surface area contributed by atoms with E-state index in [4.69, 9.17) is 4.74 Å². The Hall–Kier alpha value is -2.86. The summed E-state index contributed by atoms with van der Waals surface area (Å²) in [6.07, 6.45) is 4.66. The summed E-state index contributed by atoms with van der Waals surface area (Å²) in [6, 6.07) is 16.3. The number of benzene rings is 2. The average molecular weight is 393 g/mol. The van der Waals surface area contributed by atoms with Crippen LogP contribution >= 0.6 is 0 Å². The summed E-state index contributed by atoms with van der Waals surface area (Å²) in [6.45, 7) is 3.37. The Morgan fingerprint density at radius 3 is 2.83 bits per heavy atom. The van der Waals surface area contributed by atoms with Gasteiger partial charge in [0, 0.05) is 19.5 Å². The number of rotatable bonds is 8. The first kappa shape index (κ1) is 19.5. The fourth-order valence-electron chi connectivity index (χ4n) is 4.07. The Labute approximate surface area is 171 Å². The van der Waals surface area contributed by atoms with Gasteiger partial charge in [-0.25, -0.2) is 4.98 Å². The van der Waals surface area contributed by atoms with Gasteiger partial charge in [0.2, 0.25) is 5.91 Å². The molecule has 0 bridgehead atoms. The molecule has 0 saturated carbocycles. The fraction of sp³-hybridized carbons (Fsp3) is 0.391. The maximum atomic E-state index is 12.6. The normalized spacial score (nSPS) is 15.5. The summed E-state index contributed by atoms with van der Waals surface area (Å²) in [7, 11) is 1.69. The molecule has 0 spiro atoms. The number of carbonyl (C=O) groups is 1. The minimum atomic E-state index is 0.0647. The molecule has 152 valence electrons. The molecule has 1 aliphatic heterocycles. The highest BCUT2D eigenvalue weighted by atomic mass is 16.5. The van der Waals surface area contributed by atoms with Crippen LogP contribution < -0.4 is 10.1 Å². The number of nitrogens with zero attached hydrogens (tertiary/aromatic N) is 3. The second kappa shape index (κ2) is 9.09. The van der Waals surface area contributed by atoms with E-state index >= 15 is 0 Å². The lowest BCUT2D eigenvalue weighted by Crippen LogP contribution is -2.37. The standard InChI is InChI=1S/C23H28N4O2/c1-29-19-8-6-7-18(15-19)22(26-12-4-5-13-26)16-24-23(28)11-14-27-17-25-20-9-2-3-10-21(20)27/h2-3,6-10,15,17,22H,4-5,11-14,16H2,1H3,(H,24,28). The molecule has 2 heterocycles. The Morgan fingerprint density at radius 1 is 1.17 bits per heavy atom. The highest BCUT2D eigenvalue weighted by molar-refractivity contribution is 5.77. The molecule has 1 N–H and O–H groups in total. The third kappa shape index (κ3) is 4.59. The molecule has 4 rings (SSSR count). The Bertz CT molecular complexity index is 962. The predicted octanol–water partition coefficient (Wildman–Crippen LogP) is 3.39. The van der Waals surface area contributed by atoms with Crippen LogP contribution in [0.4, 0.5) is 0 Å². The van der Waals surface area contributed by atoms with Crippen LogP contribution in [0.2, 0.25) is 0 Å². The maximum Gasteiger partial charge on any atom is 0.221 e. The van der Waals surface area contributed by atoms with Crippen LogP contribution in [0.1, 0.15) is 30.9 Å². The zero-order chi connectivity index (χ0) is 20.1. The number of likely N-dealkylation sites (tertiary alicyclic amines) is 1. The van der Waals surface area contributed by atoms with E-state index in [0.29, 0.717) is 19.5 Å². The van der Waals surface area contributed by atoms with Gasteiger partial charge < -0.3 is 14.6 Å². The van der Waals surface area contributed by atoms with Crippen LogP contribution in [0, 0.1) is 0 Å². The van der Waals surface area contributed by atoms with Crippen molar-refractivity contribution >= 4 is 16.9 Å². The van der Waals surface area contributed by atoms with Crippen molar-refractivity contribution in [3.63, 3.8) is 0 Å². The Morgan fingerprint density at radius 2 is 2.00 bits per heavy atom. The molecule has 3 aromatic rings. The van der Waals surface area contributed by atoms with E-state index < -0.39 is 0 Å². The molecule has 1 atom stereocenters. The number of methoxy groups -OCH3 is 1. The second-order valence-electron chi connectivity index (χ2n) is 7.52. The van der Waals surface area contributed by atoms with Gasteiger partial charge in [-0.05, 0) is 55.8 Å². The van der Waals surface area contributed by atoms with E-state index in [1.165, 1.54) is 18.4 Å². The topological polar surface area (TPSA) is 59.4 Å². The van der Waals surface area contributed by atoms with E-state index in [9.17, 15) is 4.79 Å². The lowest BCUT2D eigenvalue weighted by atomic mass is 10.0. The molecule has 0 aliphatic carbocycles. The van der Waals surface area contributed by atoms with Crippen molar-refractivity contribution in [2.45, 2.75) is 31.8 Å². The minimum Gasteiger partial charge on any atom is -0.497 e. The SMILES string of the molecule is COc1cccc(C(CNC(=O)CCn2cnc3ccccc32)N2CCCC2)c1. The zero-order valence-corrected chi connectivity index (χ0v) is 16.9. The van der Waals surface area contributed by atoms with E-state index in [-0.39, 0.29) is 11.9 Å². The van der Waals surface area contributed by atoms with Crippen molar-refractivity contribution in [1.82, 2.24) is 19.8 Å². The van der Waals surface area contributed by atoms with Crippen LogP contribution in [-0.2, 0) is 11.3 Å². The van der Waals surface area contributed by atoms with Gasteiger partial charge in [0.05, 0.1) is 30.5 Å². The van der Waals surface area contributed by atoms with Crippen molar-refractivity contribution in [2.75, 3.05) is 26.7 Å². The number of nitrogens with one attached hydrogen (secondary N) is 1. The molecule has 1 amide bonds. The van der Waals surface area contributed by atoms with Crippen molar-refractivity contribution < 1.29 is 9.53 Å². The molecule has 1 aromatic heterocycles. The van der Waals surface area contributed by atoms with Crippen molar-refractivity contribution in [3.8, 4) is 5.75 Å². The van der Waals surface area contributed by atoms with Gasteiger partial charge in [0.25, 0.3) is 0 Å². The van der Waals surface area contributed by atoms with E-state index in [2.05, 4.69) is 27.3 Å². The second-order valence-corrected chi connectivity index (χ2v) is 7.52. The molecule has 1 saturated heterocycles. The van der Waals surface area contributed by atoms with Crippen LogP contribution in [0.5, 0.6) is 5.75 Å². The van der Waals surface area contributed by atoms with Crippen molar-refractivity contribution in [1.29, 1.82) is 0 Å². The summed E-state index contributed by atoms with van der Waals surface area (Å²) in [5.41, 5.74) is 3.21. The fourth-order valence-corrected chi connectivity index (χ4v) is 4.07. The third-order valence-corrected chi connectivity index (χ3v) is 5.66. The van der Waals surface area contributed by atoms with E-state index in [0.717, 1.165) is 29.9 Å². The van der Waals surface area contributed by atoms with Gasteiger partial charge in [-0.1, -0.05) is 24.3 Å². The number of para-hydroxylation sites is 2. The molecular formula is C23H28N4O2. The highest BCUT2D eigenvalue weighted by Crippen LogP contribution is 2.27. The molecule has 29 heavy (non-hydrogen) atoms. The number of ether oxygens (including phenoxy) is 1. The number of fused-ring (bicyclic) bond motifs is 1. The molecule has 2 aromatic carbocycles. The van der Waals surface area contributed by atoms with Gasteiger partial charge in [0.15, 0.2) is 0 Å². The predicted molar refractivity (Wildman–Crippen MR) is 114 cm³/mol. The highest BCUT2D eigenvalue weighted by Gasteiger charge is 2.24. The van der Waals surface area contributed by atoms with Crippen LogP contribution in [0.3, 0.4) is 0 Å².